The Hall–Kier alpha value is -2.69. The molecule has 0 fully saturated rings. The van der Waals surface area contributed by atoms with Crippen LogP contribution in [0.4, 0.5) is 4.39 Å². The van der Waals surface area contributed by atoms with Gasteiger partial charge in [-0.05, 0) is 17.2 Å². The molecular weight excluding hydrogens is 295 g/mol. The average Bonchev–Trinajstić information content (AvgIpc) is 2.54. The maximum absolute atomic E-state index is 13.7. The zero-order chi connectivity index (χ0) is 16.7. The molecule has 4 nitrogen and oxygen atoms in total. The highest BCUT2D eigenvalue weighted by Gasteiger charge is 2.17. The van der Waals surface area contributed by atoms with E-state index in [9.17, 15) is 14.0 Å². The number of halogens is 1. The largest absolute Gasteiger partial charge is 0.370 e. The number of hydrogen-bond acceptors (Lipinski definition) is 2. The van der Waals surface area contributed by atoms with Gasteiger partial charge in [-0.3, -0.25) is 9.59 Å². The molecule has 2 rings (SSSR count). The molecule has 0 radical (unpaired) electrons. The lowest BCUT2D eigenvalue weighted by Crippen LogP contribution is -2.34. The van der Waals surface area contributed by atoms with Crippen molar-refractivity contribution in [2.75, 3.05) is 6.54 Å². The summed E-state index contributed by atoms with van der Waals surface area (Å²) in [5, 5.41) is 0. The molecule has 0 aliphatic heterocycles. The van der Waals surface area contributed by atoms with E-state index in [1.165, 1.54) is 11.0 Å². The van der Waals surface area contributed by atoms with E-state index >= 15 is 0 Å². The Balaban J connectivity index is 2.10. The Labute approximate surface area is 134 Å². The highest BCUT2D eigenvalue weighted by Crippen LogP contribution is 2.11. The maximum Gasteiger partial charge on any atom is 0.227 e. The van der Waals surface area contributed by atoms with E-state index in [0.717, 1.165) is 5.56 Å². The van der Waals surface area contributed by atoms with Crippen molar-refractivity contribution in [3.63, 3.8) is 0 Å². The number of carbonyl (C=O) groups excluding carboxylic acids is 2. The molecule has 0 atom stereocenters. The van der Waals surface area contributed by atoms with Gasteiger partial charge in [0.05, 0.1) is 6.42 Å². The number of carbonyl (C=O) groups is 2. The van der Waals surface area contributed by atoms with Crippen LogP contribution in [-0.4, -0.2) is 23.3 Å². The summed E-state index contributed by atoms with van der Waals surface area (Å²) >= 11 is 0. The minimum absolute atomic E-state index is 0.0434. The van der Waals surface area contributed by atoms with E-state index in [1.54, 1.807) is 18.2 Å². The first-order chi connectivity index (χ1) is 11.1. The molecular formula is C18H19FN2O2. The normalized spacial score (nSPS) is 10.3. The van der Waals surface area contributed by atoms with Crippen LogP contribution in [0.15, 0.2) is 54.6 Å². The predicted octanol–water partition coefficient (Wildman–Crippen LogP) is 2.27. The first kappa shape index (κ1) is 16.7. The lowest BCUT2D eigenvalue weighted by Gasteiger charge is -2.22. The first-order valence-electron chi connectivity index (χ1n) is 7.39. The van der Waals surface area contributed by atoms with E-state index in [-0.39, 0.29) is 25.3 Å². The molecule has 0 unspecified atom stereocenters. The first-order valence-corrected chi connectivity index (χ1v) is 7.39. The number of hydrogen-bond donors (Lipinski definition) is 1. The van der Waals surface area contributed by atoms with Gasteiger partial charge in [0, 0.05) is 19.5 Å². The van der Waals surface area contributed by atoms with Crippen LogP contribution in [0.1, 0.15) is 17.5 Å². The molecule has 2 N–H and O–H groups in total. The van der Waals surface area contributed by atoms with Gasteiger partial charge in [0.15, 0.2) is 0 Å². The number of rotatable bonds is 7. The monoisotopic (exact) mass is 314 g/mol. The molecule has 0 aliphatic rings. The number of nitrogens with two attached hydrogens (primary N) is 1. The van der Waals surface area contributed by atoms with E-state index < -0.39 is 11.7 Å². The number of benzene rings is 2. The van der Waals surface area contributed by atoms with E-state index in [0.29, 0.717) is 12.1 Å². The quantitative estimate of drug-likeness (QED) is 0.852. The SMILES string of the molecule is NC(=O)CCN(Cc1ccccc1)C(=O)Cc1ccccc1F. The molecule has 2 amide bonds. The van der Waals surface area contributed by atoms with Crippen molar-refractivity contribution >= 4 is 11.8 Å². The van der Waals surface area contributed by atoms with Crippen molar-refractivity contribution in [1.82, 2.24) is 4.90 Å². The molecule has 120 valence electrons. The van der Waals surface area contributed by atoms with Gasteiger partial charge in [0.25, 0.3) is 0 Å². The third-order valence-electron chi connectivity index (χ3n) is 3.50. The average molecular weight is 314 g/mol. The van der Waals surface area contributed by atoms with Crippen molar-refractivity contribution in [2.45, 2.75) is 19.4 Å². The summed E-state index contributed by atoms with van der Waals surface area (Å²) < 4.78 is 13.7. The summed E-state index contributed by atoms with van der Waals surface area (Å²) in [7, 11) is 0. The Morgan fingerprint density at radius 3 is 2.30 bits per heavy atom. The molecule has 0 saturated carbocycles. The van der Waals surface area contributed by atoms with Crippen LogP contribution in [0.2, 0.25) is 0 Å². The van der Waals surface area contributed by atoms with Crippen molar-refractivity contribution in [1.29, 1.82) is 0 Å². The summed E-state index contributed by atoms with van der Waals surface area (Å²) in [5.41, 5.74) is 6.46. The molecule has 0 heterocycles. The summed E-state index contributed by atoms with van der Waals surface area (Å²) in [4.78, 5) is 25.0. The lowest BCUT2D eigenvalue weighted by atomic mass is 10.1. The molecule has 2 aromatic rings. The van der Waals surface area contributed by atoms with Gasteiger partial charge >= 0.3 is 0 Å². The maximum atomic E-state index is 13.7. The minimum Gasteiger partial charge on any atom is -0.370 e. The van der Waals surface area contributed by atoms with Gasteiger partial charge < -0.3 is 10.6 Å². The molecule has 2 aromatic carbocycles. The second kappa shape index (κ2) is 8.08. The van der Waals surface area contributed by atoms with Crippen molar-refractivity contribution in [3.8, 4) is 0 Å². The van der Waals surface area contributed by atoms with E-state index in [1.807, 2.05) is 30.3 Å². The predicted molar refractivity (Wildman–Crippen MR) is 85.8 cm³/mol. The molecule has 5 heteroatoms. The van der Waals surface area contributed by atoms with Crippen LogP contribution in [-0.2, 0) is 22.6 Å². The number of primary amides is 1. The Kier molecular flexibility index (Phi) is 5.86. The highest BCUT2D eigenvalue weighted by atomic mass is 19.1. The van der Waals surface area contributed by atoms with Crippen molar-refractivity contribution < 1.29 is 14.0 Å². The van der Waals surface area contributed by atoms with Gasteiger partial charge in [0.2, 0.25) is 11.8 Å². The molecule has 0 aromatic heterocycles. The Morgan fingerprint density at radius 2 is 1.65 bits per heavy atom. The zero-order valence-corrected chi connectivity index (χ0v) is 12.7. The molecule has 0 aliphatic carbocycles. The van der Waals surface area contributed by atoms with Gasteiger partial charge in [-0.2, -0.15) is 0 Å². The fourth-order valence-corrected chi connectivity index (χ4v) is 2.26. The van der Waals surface area contributed by atoms with E-state index in [4.69, 9.17) is 5.73 Å². The lowest BCUT2D eigenvalue weighted by molar-refractivity contribution is -0.131. The topological polar surface area (TPSA) is 63.4 Å². The fourth-order valence-electron chi connectivity index (χ4n) is 2.26. The summed E-state index contributed by atoms with van der Waals surface area (Å²) in [6.07, 6.45) is 0.0358. The Morgan fingerprint density at radius 1 is 1.00 bits per heavy atom. The summed E-state index contributed by atoms with van der Waals surface area (Å²) in [6, 6.07) is 15.6. The standard InChI is InChI=1S/C18H19FN2O2/c19-16-9-5-4-8-15(16)12-18(23)21(11-10-17(20)22)13-14-6-2-1-3-7-14/h1-9H,10-13H2,(H2,20,22). The van der Waals surface area contributed by atoms with Crippen LogP contribution in [0.25, 0.3) is 0 Å². The Bertz CT molecular complexity index is 674. The van der Waals surface area contributed by atoms with Gasteiger partial charge in [-0.1, -0.05) is 48.5 Å². The van der Waals surface area contributed by atoms with Crippen molar-refractivity contribution in [3.05, 3.63) is 71.5 Å². The van der Waals surface area contributed by atoms with Gasteiger partial charge in [0.1, 0.15) is 5.82 Å². The molecule has 0 bridgehead atoms. The summed E-state index contributed by atoms with van der Waals surface area (Å²) in [5.74, 6) is -1.11. The zero-order valence-electron chi connectivity index (χ0n) is 12.7. The van der Waals surface area contributed by atoms with Gasteiger partial charge in [-0.15, -0.1) is 0 Å². The number of amides is 2. The third kappa shape index (κ3) is 5.21. The molecule has 0 spiro atoms. The van der Waals surface area contributed by atoms with Crippen LogP contribution >= 0.6 is 0 Å². The molecule has 23 heavy (non-hydrogen) atoms. The third-order valence-corrected chi connectivity index (χ3v) is 3.50. The fraction of sp³-hybridized carbons (Fsp3) is 0.222. The van der Waals surface area contributed by atoms with Crippen LogP contribution in [0, 0.1) is 5.82 Å². The van der Waals surface area contributed by atoms with Gasteiger partial charge in [-0.25, -0.2) is 4.39 Å². The smallest absolute Gasteiger partial charge is 0.227 e. The van der Waals surface area contributed by atoms with Crippen molar-refractivity contribution in [2.24, 2.45) is 5.73 Å². The number of nitrogens with zero attached hydrogens (tertiary/aromatic N) is 1. The summed E-state index contributed by atoms with van der Waals surface area (Å²) in [6.45, 7) is 0.582. The van der Waals surface area contributed by atoms with Crippen LogP contribution in [0.3, 0.4) is 0 Å². The minimum atomic E-state index is -0.471. The van der Waals surface area contributed by atoms with Crippen LogP contribution < -0.4 is 5.73 Å². The van der Waals surface area contributed by atoms with Crippen LogP contribution in [0.5, 0.6) is 0 Å². The molecule has 0 saturated heterocycles. The van der Waals surface area contributed by atoms with E-state index in [2.05, 4.69) is 0 Å². The second-order valence-electron chi connectivity index (χ2n) is 5.29. The second-order valence-corrected chi connectivity index (χ2v) is 5.29. The highest BCUT2D eigenvalue weighted by molar-refractivity contribution is 5.80.